The van der Waals surface area contributed by atoms with Crippen LogP contribution >= 0.6 is 34.7 Å². The van der Waals surface area contributed by atoms with Crippen molar-refractivity contribution in [1.29, 1.82) is 0 Å². The average molecular weight is 504 g/mol. The average Bonchev–Trinajstić information content (AvgIpc) is 3.21. The maximum Gasteiger partial charge on any atom is 0.311 e. The lowest BCUT2D eigenvalue weighted by molar-refractivity contribution is -0.142. The first-order chi connectivity index (χ1) is 15.8. The summed E-state index contributed by atoms with van der Waals surface area (Å²) in [5.41, 5.74) is 1.67. The third-order valence-corrected chi connectivity index (χ3v) is 6.45. The van der Waals surface area contributed by atoms with E-state index in [2.05, 4.69) is 15.6 Å². The topological polar surface area (TPSA) is 97.4 Å². The van der Waals surface area contributed by atoms with Crippen LogP contribution in [0.2, 0.25) is 5.02 Å². The number of benzene rings is 2. The summed E-state index contributed by atoms with van der Waals surface area (Å²) in [5.74, 6) is -0.802. The number of nitrogens with one attached hydrogen (secondary N) is 2. The first kappa shape index (κ1) is 24.8. The minimum Gasteiger partial charge on any atom is -0.466 e. The van der Waals surface area contributed by atoms with Crippen molar-refractivity contribution in [2.45, 2.75) is 30.4 Å². The Bertz CT molecular complexity index is 1130. The molecule has 0 saturated carbocycles. The van der Waals surface area contributed by atoms with Gasteiger partial charge in [0, 0.05) is 26.5 Å². The van der Waals surface area contributed by atoms with Gasteiger partial charge in [-0.2, -0.15) is 0 Å². The van der Waals surface area contributed by atoms with Crippen molar-refractivity contribution in [2.24, 2.45) is 0 Å². The fourth-order valence-electron chi connectivity index (χ4n) is 2.72. The molecule has 0 fully saturated rings. The molecule has 1 heterocycles. The third-order valence-electron chi connectivity index (χ3n) is 4.29. The lowest BCUT2D eigenvalue weighted by Crippen LogP contribution is -2.22. The largest absolute Gasteiger partial charge is 0.466 e. The van der Waals surface area contributed by atoms with Crippen LogP contribution in [-0.4, -0.2) is 34.6 Å². The highest BCUT2D eigenvalue weighted by Gasteiger charge is 2.17. The van der Waals surface area contributed by atoms with Gasteiger partial charge < -0.3 is 15.4 Å². The molecule has 0 saturated heterocycles. The van der Waals surface area contributed by atoms with E-state index in [1.54, 1.807) is 55.6 Å². The summed E-state index contributed by atoms with van der Waals surface area (Å²) in [7, 11) is 0. The van der Waals surface area contributed by atoms with Crippen molar-refractivity contribution in [3.05, 3.63) is 70.2 Å². The number of anilines is 2. The quantitative estimate of drug-likeness (QED) is 0.305. The van der Waals surface area contributed by atoms with E-state index in [4.69, 9.17) is 16.3 Å². The van der Waals surface area contributed by atoms with Crippen LogP contribution in [0.25, 0.3) is 0 Å². The second-order valence-electron chi connectivity index (χ2n) is 6.86. The van der Waals surface area contributed by atoms with Gasteiger partial charge in [-0.1, -0.05) is 17.7 Å². The molecule has 33 heavy (non-hydrogen) atoms. The van der Waals surface area contributed by atoms with Crippen LogP contribution in [0.15, 0.2) is 58.8 Å². The van der Waals surface area contributed by atoms with E-state index in [1.807, 2.05) is 12.1 Å². The lowest BCUT2D eigenvalue weighted by atomic mass is 10.2. The molecular formula is C23H22ClN3O4S2. The van der Waals surface area contributed by atoms with Crippen molar-refractivity contribution in [1.82, 2.24) is 4.98 Å². The monoisotopic (exact) mass is 503 g/mol. The van der Waals surface area contributed by atoms with Crippen LogP contribution in [0.4, 0.5) is 10.8 Å². The predicted molar refractivity (Wildman–Crippen MR) is 132 cm³/mol. The van der Waals surface area contributed by atoms with Gasteiger partial charge in [-0.05, 0) is 56.3 Å². The molecule has 0 aliphatic rings. The van der Waals surface area contributed by atoms with Crippen LogP contribution in [0.5, 0.6) is 0 Å². The Kier molecular flexibility index (Phi) is 8.87. The summed E-state index contributed by atoms with van der Waals surface area (Å²) in [6.07, 6.45) is 0.0741. The highest BCUT2D eigenvalue weighted by molar-refractivity contribution is 8.00. The summed E-state index contributed by atoms with van der Waals surface area (Å²) in [4.78, 5) is 41.5. The van der Waals surface area contributed by atoms with Gasteiger partial charge in [0.15, 0.2) is 5.13 Å². The van der Waals surface area contributed by atoms with Gasteiger partial charge in [0.2, 0.25) is 5.91 Å². The fourth-order valence-corrected chi connectivity index (χ4v) is 4.49. The molecule has 0 aliphatic heterocycles. The number of thiazole rings is 1. The number of carbonyl (C=O) groups excluding carboxylic acids is 3. The number of rotatable bonds is 9. The number of amides is 2. The molecule has 0 radical (unpaired) electrons. The highest BCUT2D eigenvalue weighted by atomic mass is 35.5. The molecule has 1 unspecified atom stereocenters. The number of ether oxygens (including phenoxy) is 1. The van der Waals surface area contributed by atoms with Gasteiger partial charge in [0.1, 0.15) is 0 Å². The summed E-state index contributed by atoms with van der Waals surface area (Å²) in [5, 5.41) is 7.87. The molecule has 1 atom stereocenters. The summed E-state index contributed by atoms with van der Waals surface area (Å²) in [6.45, 7) is 3.85. The third kappa shape index (κ3) is 7.59. The molecule has 2 aromatic carbocycles. The SMILES string of the molecule is CCOC(=O)Cc1csc(NC(=O)C(C)Sc2ccc(NC(=O)c3cccc(Cl)c3)cc2)n1. The molecule has 0 bridgehead atoms. The van der Waals surface area contributed by atoms with Crippen LogP contribution in [-0.2, 0) is 20.7 Å². The zero-order valence-corrected chi connectivity index (χ0v) is 20.4. The number of carbonyl (C=O) groups is 3. The fraction of sp³-hybridized carbons (Fsp3) is 0.217. The van der Waals surface area contributed by atoms with Crippen molar-refractivity contribution in [3.63, 3.8) is 0 Å². The van der Waals surface area contributed by atoms with Gasteiger partial charge in [0.25, 0.3) is 5.91 Å². The standard InChI is InChI=1S/C23H22ClN3O4S2/c1-3-31-20(28)12-18-13-32-23(26-18)27-21(29)14(2)33-19-9-7-17(8-10-19)25-22(30)15-5-4-6-16(24)11-15/h4-11,13-14H,3,12H2,1-2H3,(H,25,30)(H,26,27,29). The molecule has 172 valence electrons. The minimum absolute atomic E-state index is 0.0741. The number of hydrogen-bond acceptors (Lipinski definition) is 7. The van der Waals surface area contributed by atoms with E-state index < -0.39 is 0 Å². The minimum atomic E-state index is -0.380. The van der Waals surface area contributed by atoms with E-state index >= 15 is 0 Å². The maximum absolute atomic E-state index is 12.5. The molecule has 10 heteroatoms. The summed E-state index contributed by atoms with van der Waals surface area (Å²) >= 11 is 8.57. The van der Waals surface area contributed by atoms with E-state index in [0.717, 1.165) is 4.90 Å². The molecule has 0 spiro atoms. The second kappa shape index (κ2) is 11.8. The number of halogens is 1. The molecule has 2 N–H and O–H groups in total. The van der Waals surface area contributed by atoms with Gasteiger partial charge >= 0.3 is 5.97 Å². The Morgan fingerprint density at radius 1 is 1.15 bits per heavy atom. The van der Waals surface area contributed by atoms with Crippen LogP contribution in [0, 0.1) is 0 Å². The second-order valence-corrected chi connectivity index (χ2v) is 9.57. The molecule has 3 rings (SSSR count). The zero-order chi connectivity index (χ0) is 23.8. The van der Waals surface area contributed by atoms with Crippen LogP contribution in [0.3, 0.4) is 0 Å². The van der Waals surface area contributed by atoms with E-state index in [1.165, 1.54) is 23.1 Å². The van der Waals surface area contributed by atoms with Crippen molar-refractivity contribution in [2.75, 3.05) is 17.2 Å². The predicted octanol–water partition coefficient (Wildman–Crippen LogP) is 5.27. The Hall–Kier alpha value is -2.88. The van der Waals surface area contributed by atoms with Gasteiger partial charge in [-0.15, -0.1) is 23.1 Å². The van der Waals surface area contributed by atoms with Crippen molar-refractivity contribution >= 4 is 63.3 Å². The maximum atomic E-state index is 12.5. The zero-order valence-electron chi connectivity index (χ0n) is 18.0. The van der Waals surface area contributed by atoms with Crippen molar-refractivity contribution < 1.29 is 19.1 Å². The molecule has 2 amide bonds. The number of esters is 1. The number of nitrogens with zero attached hydrogens (tertiary/aromatic N) is 1. The highest BCUT2D eigenvalue weighted by Crippen LogP contribution is 2.26. The van der Waals surface area contributed by atoms with Crippen molar-refractivity contribution in [3.8, 4) is 0 Å². The molecule has 0 aliphatic carbocycles. The Morgan fingerprint density at radius 3 is 2.61 bits per heavy atom. The lowest BCUT2D eigenvalue weighted by Gasteiger charge is -2.11. The molecule has 7 nitrogen and oxygen atoms in total. The molecular weight excluding hydrogens is 482 g/mol. The van der Waals surface area contributed by atoms with Gasteiger partial charge in [-0.3, -0.25) is 14.4 Å². The Morgan fingerprint density at radius 2 is 1.91 bits per heavy atom. The first-order valence-corrected chi connectivity index (χ1v) is 12.2. The summed E-state index contributed by atoms with van der Waals surface area (Å²) < 4.78 is 4.90. The van der Waals surface area contributed by atoms with Crippen LogP contribution < -0.4 is 10.6 Å². The Labute approximate surface area is 204 Å². The van der Waals surface area contributed by atoms with Crippen LogP contribution in [0.1, 0.15) is 29.9 Å². The van der Waals surface area contributed by atoms with Gasteiger partial charge in [-0.25, -0.2) is 4.98 Å². The number of thioether (sulfide) groups is 1. The summed E-state index contributed by atoms with van der Waals surface area (Å²) in [6, 6.07) is 13.9. The van der Waals surface area contributed by atoms with E-state index in [0.29, 0.717) is 33.7 Å². The normalized spacial score (nSPS) is 11.5. The van der Waals surface area contributed by atoms with Gasteiger partial charge in [0.05, 0.1) is 24.0 Å². The number of hydrogen-bond donors (Lipinski definition) is 2. The Balaban J connectivity index is 1.51. The number of aromatic nitrogens is 1. The first-order valence-electron chi connectivity index (χ1n) is 10.1. The molecule has 1 aromatic heterocycles. The smallest absolute Gasteiger partial charge is 0.311 e. The van der Waals surface area contributed by atoms with E-state index in [-0.39, 0.29) is 29.5 Å². The molecule has 3 aromatic rings. The van der Waals surface area contributed by atoms with E-state index in [9.17, 15) is 14.4 Å².